The number of hydrogen-bond acceptors (Lipinski definition) is 11. The molecule has 3 fully saturated rings. The molecule has 3 aromatic carbocycles. The van der Waals surface area contributed by atoms with E-state index in [-0.39, 0.29) is 16.3 Å². The molecule has 0 unspecified atom stereocenters. The van der Waals surface area contributed by atoms with Crippen molar-refractivity contribution < 1.29 is 24.1 Å². The highest BCUT2D eigenvalue weighted by molar-refractivity contribution is 6.17. The fourth-order valence-electron chi connectivity index (χ4n) is 5.10. The minimum Gasteiger partial charge on any atom is -0.399 e. The van der Waals surface area contributed by atoms with Gasteiger partial charge in [0, 0.05) is 88.2 Å². The number of nitrogens with one attached hydrogen (secondary N) is 1. The van der Waals surface area contributed by atoms with Crippen molar-refractivity contribution in [3.63, 3.8) is 0 Å². The third-order valence-electron chi connectivity index (χ3n) is 8.14. The van der Waals surface area contributed by atoms with Gasteiger partial charge in [0.1, 0.15) is 0 Å². The molecule has 3 aromatic rings. The molecule has 0 amide bonds. The van der Waals surface area contributed by atoms with Crippen LogP contribution in [-0.4, -0.2) is 118 Å². The minimum atomic E-state index is -0.412. The van der Waals surface area contributed by atoms with Gasteiger partial charge in [0.15, 0.2) is 0 Å². The van der Waals surface area contributed by atoms with Gasteiger partial charge in [-0.05, 0) is 48.1 Å². The molecule has 0 aromatic heterocycles. The number of rotatable bonds is 10. The first-order valence-electron chi connectivity index (χ1n) is 17.1. The number of ether oxygens (including phenoxy) is 3. The normalized spacial score (nSPS) is 16.3. The molecule has 0 radical (unpaired) electrons. The van der Waals surface area contributed by atoms with Crippen LogP contribution >= 0.6 is 11.6 Å². The Kier molecular flexibility index (Phi) is 19.9. The third kappa shape index (κ3) is 17.3. The number of anilines is 1. The molecule has 3 N–H and O–H groups in total. The SMILES string of the molecule is C1COCCN1.Nc1ccc(CCN2CCOCC2)cc1.O=[N+]([O-])c1ccc(CCCl)cc1.O=[N+]([O-])c1ccc(CCN2CCOCC2)cc1. The fourth-order valence-corrected chi connectivity index (χ4v) is 5.32. The minimum absolute atomic E-state index is 0.119. The van der Waals surface area contributed by atoms with E-state index in [0.717, 1.165) is 128 Å². The summed E-state index contributed by atoms with van der Waals surface area (Å²) in [6, 6.07) is 21.4. The molecular formula is C36H51ClN6O7. The Bertz CT molecular complexity index is 1340. The number of halogens is 1. The van der Waals surface area contributed by atoms with E-state index in [0.29, 0.717) is 5.88 Å². The lowest BCUT2D eigenvalue weighted by molar-refractivity contribution is -0.385. The summed E-state index contributed by atoms with van der Waals surface area (Å²) in [5.74, 6) is 0.539. The average Bonchev–Trinajstić information content (AvgIpc) is 3.17. The zero-order valence-corrected chi connectivity index (χ0v) is 29.5. The molecule has 0 atom stereocenters. The second-order valence-corrected chi connectivity index (χ2v) is 12.2. The Morgan fingerprint density at radius 1 is 0.600 bits per heavy atom. The largest absolute Gasteiger partial charge is 0.399 e. The molecule has 0 bridgehead atoms. The van der Waals surface area contributed by atoms with Crippen molar-refractivity contribution in [2.45, 2.75) is 19.3 Å². The van der Waals surface area contributed by atoms with E-state index < -0.39 is 4.92 Å². The highest BCUT2D eigenvalue weighted by Gasteiger charge is 2.11. The maximum absolute atomic E-state index is 10.5. The zero-order chi connectivity index (χ0) is 35.8. The van der Waals surface area contributed by atoms with Crippen LogP contribution in [0.3, 0.4) is 0 Å². The van der Waals surface area contributed by atoms with Gasteiger partial charge in [-0.25, -0.2) is 0 Å². The first kappa shape index (κ1) is 40.7. The molecule has 14 heteroatoms. The Labute approximate surface area is 299 Å². The number of morpholine rings is 3. The van der Waals surface area contributed by atoms with Crippen LogP contribution in [0.5, 0.6) is 0 Å². The Morgan fingerprint density at radius 3 is 1.28 bits per heavy atom. The topological polar surface area (TPSA) is 158 Å². The molecule has 3 aliphatic heterocycles. The van der Waals surface area contributed by atoms with Crippen molar-refractivity contribution >= 4 is 28.7 Å². The Morgan fingerprint density at radius 2 is 0.960 bits per heavy atom. The van der Waals surface area contributed by atoms with Gasteiger partial charge in [-0.2, -0.15) is 0 Å². The summed E-state index contributed by atoms with van der Waals surface area (Å²) in [5.41, 5.74) is 10.3. The van der Waals surface area contributed by atoms with Gasteiger partial charge in [0.25, 0.3) is 11.4 Å². The van der Waals surface area contributed by atoms with Gasteiger partial charge in [0.2, 0.25) is 0 Å². The van der Waals surface area contributed by atoms with Gasteiger partial charge < -0.3 is 25.3 Å². The summed E-state index contributed by atoms with van der Waals surface area (Å²) >= 11 is 5.50. The fraction of sp³-hybridized carbons (Fsp3) is 0.500. The van der Waals surface area contributed by atoms with Crippen LogP contribution in [0, 0.1) is 20.2 Å². The van der Waals surface area contributed by atoms with Crippen molar-refractivity contribution in [2.24, 2.45) is 0 Å². The van der Waals surface area contributed by atoms with Crippen LogP contribution in [0.1, 0.15) is 16.7 Å². The summed E-state index contributed by atoms with van der Waals surface area (Å²) in [6.45, 7) is 13.4. The standard InChI is InChI=1S/C12H16N2O3.C12H18N2O.C8H8ClNO2.C4H9NO/c15-14(16)12-3-1-11(2-4-12)5-6-13-7-9-17-10-8-13;13-12-3-1-11(2-4-12)5-6-14-7-9-15-10-8-14;9-6-5-7-1-3-8(4-2-7)10(11)12;1-3-6-4-2-5-1/h1-4H,5-10H2;1-4H,5-10,13H2;1-4H,5-6H2;5H,1-4H2. The monoisotopic (exact) mass is 714 g/mol. The molecule has 6 rings (SSSR count). The molecule has 3 aliphatic rings. The Hall–Kier alpha value is -3.69. The van der Waals surface area contributed by atoms with E-state index in [1.165, 1.54) is 17.7 Å². The van der Waals surface area contributed by atoms with Crippen molar-refractivity contribution in [3.8, 4) is 0 Å². The van der Waals surface area contributed by atoms with Crippen LogP contribution in [0.25, 0.3) is 0 Å². The molecular weight excluding hydrogens is 664 g/mol. The molecule has 3 heterocycles. The van der Waals surface area contributed by atoms with E-state index >= 15 is 0 Å². The lowest BCUT2D eigenvalue weighted by Crippen LogP contribution is -2.37. The number of non-ortho nitro benzene ring substituents is 2. The van der Waals surface area contributed by atoms with E-state index in [2.05, 4.69) is 27.2 Å². The van der Waals surface area contributed by atoms with Gasteiger partial charge >= 0.3 is 0 Å². The summed E-state index contributed by atoms with van der Waals surface area (Å²) < 4.78 is 15.6. The van der Waals surface area contributed by atoms with E-state index in [4.69, 9.17) is 31.5 Å². The summed E-state index contributed by atoms with van der Waals surface area (Å²) in [5, 5.41) is 23.9. The van der Waals surface area contributed by atoms with E-state index in [9.17, 15) is 20.2 Å². The van der Waals surface area contributed by atoms with Crippen LogP contribution < -0.4 is 11.1 Å². The first-order valence-corrected chi connectivity index (χ1v) is 17.6. The van der Waals surface area contributed by atoms with Gasteiger partial charge in [-0.3, -0.25) is 30.0 Å². The Balaban J connectivity index is 0.000000189. The maximum Gasteiger partial charge on any atom is 0.269 e. The maximum atomic E-state index is 10.5. The molecule has 3 saturated heterocycles. The van der Waals surface area contributed by atoms with Crippen molar-refractivity contribution in [2.75, 3.05) is 104 Å². The van der Waals surface area contributed by atoms with Gasteiger partial charge in [0.05, 0.1) is 49.5 Å². The summed E-state index contributed by atoms with van der Waals surface area (Å²) in [4.78, 5) is 24.8. The van der Waals surface area contributed by atoms with Crippen molar-refractivity contribution in [1.29, 1.82) is 0 Å². The lowest BCUT2D eigenvalue weighted by atomic mass is 10.1. The molecule has 0 spiro atoms. The summed E-state index contributed by atoms with van der Waals surface area (Å²) in [6.07, 6.45) is 2.78. The second-order valence-electron chi connectivity index (χ2n) is 11.8. The van der Waals surface area contributed by atoms with E-state index in [1.54, 1.807) is 24.3 Å². The third-order valence-corrected chi connectivity index (χ3v) is 8.33. The number of nitrogens with two attached hydrogens (primary N) is 1. The number of benzene rings is 3. The zero-order valence-electron chi connectivity index (χ0n) is 28.8. The predicted octanol–water partition coefficient (Wildman–Crippen LogP) is 4.60. The van der Waals surface area contributed by atoms with Gasteiger partial charge in [-0.1, -0.05) is 36.4 Å². The van der Waals surface area contributed by atoms with Gasteiger partial charge in [-0.15, -0.1) is 11.6 Å². The second kappa shape index (κ2) is 24.5. The lowest BCUT2D eigenvalue weighted by Gasteiger charge is -2.26. The van der Waals surface area contributed by atoms with E-state index in [1.807, 2.05) is 24.3 Å². The van der Waals surface area contributed by atoms with Crippen LogP contribution in [0.4, 0.5) is 17.1 Å². The molecule has 50 heavy (non-hydrogen) atoms. The van der Waals surface area contributed by atoms with Crippen LogP contribution in [-0.2, 0) is 33.5 Å². The average molecular weight is 715 g/mol. The van der Waals surface area contributed by atoms with Crippen LogP contribution in [0.2, 0.25) is 0 Å². The first-order chi connectivity index (χ1) is 24.3. The number of alkyl halides is 1. The predicted molar refractivity (Wildman–Crippen MR) is 197 cm³/mol. The quantitative estimate of drug-likeness (QED) is 0.131. The number of nitrogens with zero attached hydrogens (tertiary/aromatic N) is 4. The molecule has 13 nitrogen and oxygen atoms in total. The molecule has 0 aliphatic carbocycles. The highest BCUT2D eigenvalue weighted by Crippen LogP contribution is 2.14. The smallest absolute Gasteiger partial charge is 0.269 e. The number of hydrogen-bond donors (Lipinski definition) is 2. The van der Waals surface area contributed by atoms with Crippen LogP contribution in [0.15, 0.2) is 72.8 Å². The number of nitrogen functional groups attached to an aromatic ring is 1. The molecule has 0 saturated carbocycles. The number of aryl methyl sites for hydroxylation is 1. The molecule has 274 valence electrons. The van der Waals surface area contributed by atoms with Crippen molar-refractivity contribution in [3.05, 3.63) is 110 Å². The summed E-state index contributed by atoms with van der Waals surface area (Å²) in [7, 11) is 0. The highest BCUT2D eigenvalue weighted by atomic mass is 35.5. The number of nitro groups is 2. The van der Waals surface area contributed by atoms with Crippen molar-refractivity contribution in [1.82, 2.24) is 15.1 Å². The number of nitro benzene ring substituents is 2.